The molecule has 0 fully saturated rings. The number of rotatable bonds is 6. The average Bonchev–Trinajstić information content (AvgIpc) is 2.67. The second-order valence-electron chi connectivity index (χ2n) is 3.28. The molecule has 0 aliphatic rings. The van der Waals surface area contributed by atoms with E-state index in [1.165, 1.54) is 0 Å². The third kappa shape index (κ3) is 3.30. The van der Waals surface area contributed by atoms with Crippen molar-refractivity contribution in [2.45, 2.75) is 19.9 Å². The highest BCUT2D eigenvalue weighted by atomic mass is 16.4. The molecular weight excluding hydrogens is 190 g/mol. The molecule has 0 aliphatic heterocycles. The summed E-state index contributed by atoms with van der Waals surface area (Å²) in [5.41, 5.74) is 0.894. The summed E-state index contributed by atoms with van der Waals surface area (Å²) in [6, 6.07) is 0.611. The number of hydrogen-bond donors (Lipinski definition) is 1. The Kier molecular flexibility index (Phi) is 4.72. The van der Waals surface area contributed by atoms with Crippen molar-refractivity contribution in [3.05, 3.63) is 12.0 Å². The maximum Gasteiger partial charge on any atom is 0.298 e. The van der Waals surface area contributed by atoms with Gasteiger partial charge in [-0.3, -0.25) is 0 Å². The molecule has 4 nitrogen and oxygen atoms in total. The van der Waals surface area contributed by atoms with Crippen molar-refractivity contribution >= 4 is 6.01 Å². The van der Waals surface area contributed by atoms with E-state index in [0.717, 1.165) is 18.7 Å². The highest BCUT2D eigenvalue weighted by molar-refractivity contribution is 5.29. The van der Waals surface area contributed by atoms with Crippen molar-refractivity contribution in [3.63, 3.8) is 0 Å². The molecule has 1 heterocycles. The van der Waals surface area contributed by atoms with Crippen LogP contribution in [0.5, 0.6) is 0 Å². The van der Waals surface area contributed by atoms with Gasteiger partial charge in [-0.25, -0.2) is 0 Å². The summed E-state index contributed by atoms with van der Waals surface area (Å²) < 4.78 is 5.36. The maximum atomic E-state index is 5.36. The van der Waals surface area contributed by atoms with E-state index in [4.69, 9.17) is 10.8 Å². The van der Waals surface area contributed by atoms with Gasteiger partial charge in [-0.2, -0.15) is 4.98 Å². The minimum atomic E-state index is 0.535. The van der Waals surface area contributed by atoms with Crippen molar-refractivity contribution in [1.29, 1.82) is 0 Å². The predicted octanol–water partition coefficient (Wildman–Crippen LogP) is 1.24. The number of anilines is 1. The van der Waals surface area contributed by atoms with Crippen LogP contribution in [-0.2, 0) is 6.54 Å². The van der Waals surface area contributed by atoms with Gasteiger partial charge < -0.3 is 14.6 Å². The van der Waals surface area contributed by atoms with Crippen LogP contribution in [0.3, 0.4) is 0 Å². The summed E-state index contributed by atoms with van der Waals surface area (Å²) in [6.45, 7) is 4.21. The molecule has 1 rings (SSSR count). The van der Waals surface area contributed by atoms with Crippen LogP contribution in [-0.4, -0.2) is 25.1 Å². The first-order chi connectivity index (χ1) is 7.31. The smallest absolute Gasteiger partial charge is 0.298 e. The molecule has 4 heteroatoms. The molecular formula is C11H17N3O. The Morgan fingerprint density at radius 1 is 1.67 bits per heavy atom. The van der Waals surface area contributed by atoms with Crippen LogP contribution < -0.4 is 10.2 Å². The third-order valence-corrected chi connectivity index (χ3v) is 1.94. The van der Waals surface area contributed by atoms with Crippen molar-refractivity contribution in [2.24, 2.45) is 0 Å². The second-order valence-corrected chi connectivity index (χ2v) is 3.28. The van der Waals surface area contributed by atoms with E-state index in [9.17, 15) is 0 Å². The van der Waals surface area contributed by atoms with E-state index < -0.39 is 0 Å². The van der Waals surface area contributed by atoms with Crippen LogP contribution in [0.25, 0.3) is 0 Å². The predicted molar refractivity (Wildman–Crippen MR) is 60.6 cm³/mol. The van der Waals surface area contributed by atoms with Crippen molar-refractivity contribution < 1.29 is 4.42 Å². The molecule has 1 aromatic rings. The van der Waals surface area contributed by atoms with Gasteiger partial charge in [0.1, 0.15) is 6.26 Å². The number of oxazole rings is 1. The van der Waals surface area contributed by atoms with E-state index in [-0.39, 0.29) is 0 Å². The highest BCUT2D eigenvalue weighted by Gasteiger charge is 2.10. The second kappa shape index (κ2) is 6.10. The van der Waals surface area contributed by atoms with Crippen LogP contribution in [0, 0.1) is 12.3 Å². The summed E-state index contributed by atoms with van der Waals surface area (Å²) in [5, 5.41) is 3.02. The van der Waals surface area contributed by atoms with Gasteiger partial charge in [0, 0.05) is 13.1 Å². The van der Waals surface area contributed by atoms with Crippen LogP contribution in [0.4, 0.5) is 6.01 Å². The summed E-state index contributed by atoms with van der Waals surface area (Å²) >= 11 is 0. The molecule has 0 radical (unpaired) electrons. The Labute approximate surface area is 90.7 Å². The molecule has 0 bridgehead atoms. The molecule has 0 aliphatic carbocycles. The van der Waals surface area contributed by atoms with Crippen LogP contribution in [0.15, 0.2) is 10.7 Å². The largest absolute Gasteiger partial charge is 0.432 e. The zero-order valence-electron chi connectivity index (χ0n) is 9.29. The molecule has 0 saturated carbocycles. The molecule has 1 N–H and O–H groups in total. The van der Waals surface area contributed by atoms with E-state index in [1.807, 2.05) is 11.9 Å². The van der Waals surface area contributed by atoms with E-state index in [0.29, 0.717) is 19.1 Å². The lowest BCUT2D eigenvalue weighted by molar-refractivity contribution is 0.538. The van der Waals surface area contributed by atoms with Crippen LogP contribution in [0.2, 0.25) is 0 Å². The van der Waals surface area contributed by atoms with Gasteiger partial charge in [-0.1, -0.05) is 12.8 Å². The molecule has 0 aromatic carbocycles. The normalized spacial score (nSPS) is 9.93. The topological polar surface area (TPSA) is 41.3 Å². The van der Waals surface area contributed by atoms with Gasteiger partial charge in [0.05, 0.1) is 12.2 Å². The Bertz CT molecular complexity index is 327. The van der Waals surface area contributed by atoms with Gasteiger partial charge in [0.25, 0.3) is 6.01 Å². The molecule has 0 saturated heterocycles. The lowest BCUT2D eigenvalue weighted by Crippen LogP contribution is -2.24. The van der Waals surface area contributed by atoms with E-state index in [2.05, 4.69) is 23.1 Å². The first-order valence-corrected chi connectivity index (χ1v) is 5.09. The number of terminal acetylenes is 1. The molecule has 0 atom stereocenters. The lowest BCUT2D eigenvalue weighted by atomic mass is 10.4. The molecule has 82 valence electrons. The van der Waals surface area contributed by atoms with Crippen LogP contribution in [0.1, 0.15) is 19.0 Å². The summed E-state index contributed by atoms with van der Waals surface area (Å²) in [7, 11) is 1.87. The Morgan fingerprint density at radius 2 is 2.47 bits per heavy atom. The number of nitrogens with one attached hydrogen (secondary N) is 1. The molecule has 15 heavy (non-hydrogen) atoms. The highest BCUT2D eigenvalue weighted by Crippen LogP contribution is 2.13. The van der Waals surface area contributed by atoms with E-state index >= 15 is 0 Å². The van der Waals surface area contributed by atoms with Crippen molar-refractivity contribution in [3.8, 4) is 12.3 Å². The maximum absolute atomic E-state index is 5.36. The summed E-state index contributed by atoms with van der Waals surface area (Å²) in [6.07, 6.45) is 7.97. The SMILES string of the molecule is C#CCN(CCC)c1nc(CNC)co1. The van der Waals surface area contributed by atoms with Crippen LogP contribution >= 0.6 is 0 Å². The zero-order valence-corrected chi connectivity index (χ0v) is 9.29. The Hall–Kier alpha value is -1.47. The fraction of sp³-hybridized carbons (Fsp3) is 0.545. The number of nitrogens with zero attached hydrogens (tertiary/aromatic N) is 2. The molecule has 0 unspecified atom stereocenters. The fourth-order valence-electron chi connectivity index (χ4n) is 1.33. The van der Waals surface area contributed by atoms with Crippen molar-refractivity contribution in [1.82, 2.24) is 10.3 Å². The van der Waals surface area contributed by atoms with Gasteiger partial charge in [-0.15, -0.1) is 6.42 Å². The fourth-order valence-corrected chi connectivity index (χ4v) is 1.33. The Morgan fingerprint density at radius 3 is 3.07 bits per heavy atom. The van der Waals surface area contributed by atoms with Gasteiger partial charge >= 0.3 is 0 Å². The minimum Gasteiger partial charge on any atom is -0.432 e. The quantitative estimate of drug-likeness (QED) is 0.713. The first-order valence-electron chi connectivity index (χ1n) is 5.09. The lowest BCUT2D eigenvalue weighted by Gasteiger charge is -2.15. The van der Waals surface area contributed by atoms with Gasteiger partial charge in [0.15, 0.2) is 0 Å². The zero-order chi connectivity index (χ0) is 11.1. The van der Waals surface area contributed by atoms with Crippen molar-refractivity contribution in [2.75, 3.05) is 25.0 Å². The third-order valence-electron chi connectivity index (χ3n) is 1.94. The van der Waals surface area contributed by atoms with Gasteiger partial charge in [-0.05, 0) is 13.5 Å². The molecule has 0 spiro atoms. The summed E-state index contributed by atoms with van der Waals surface area (Å²) in [4.78, 5) is 6.30. The average molecular weight is 207 g/mol. The first kappa shape index (κ1) is 11.6. The number of hydrogen-bond acceptors (Lipinski definition) is 4. The monoisotopic (exact) mass is 207 g/mol. The Balaban J connectivity index is 2.68. The standard InChI is InChI=1S/C11H17N3O/c1-4-6-14(7-5-2)11-13-10(8-12-3)9-15-11/h1,9,12H,5-8H2,2-3H3. The minimum absolute atomic E-state index is 0.535. The molecule has 0 amide bonds. The van der Waals surface area contributed by atoms with Gasteiger partial charge in [0.2, 0.25) is 0 Å². The van der Waals surface area contributed by atoms with E-state index in [1.54, 1.807) is 6.26 Å². The molecule has 1 aromatic heterocycles. The number of aromatic nitrogens is 1. The summed E-state index contributed by atoms with van der Waals surface area (Å²) in [5.74, 6) is 2.60.